The Bertz CT molecular complexity index is 783. The molecule has 2 rings (SSSR count). The minimum absolute atomic E-state index is 0.0975. The Kier molecular flexibility index (Phi) is 4.49. The van der Waals surface area contributed by atoms with Gasteiger partial charge in [0.1, 0.15) is 0 Å². The number of benzene rings is 2. The second-order valence-corrected chi connectivity index (χ2v) is 7.30. The Morgan fingerprint density at radius 2 is 1.71 bits per heavy atom. The normalized spacial score (nSPS) is 11.2. The standard InChI is InChI=1S/C15H14BrNO3S/c1-10-13(4-3-5-14(10)16)15(18)11-6-8-12(9-7-11)17-21(2,19)20/h3-9,17H,1-2H3. The fourth-order valence-electron chi connectivity index (χ4n) is 1.91. The zero-order chi connectivity index (χ0) is 15.6. The van der Waals surface area contributed by atoms with Gasteiger partial charge in [0.25, 0.3) is 0 Å². The zero-order valence-electron chi connectivity index (χ0n) is 11.6. The quantitative estimate of drug-likeness (QED) is 0.842. The van der Waals surface area contributed by atoms with E-state index in [4.69, 9.17) is 0 Å². The largest absolute Gasteiger partial charge is 0.289 e. The summed E-state index contributed by atoms with van der Waals surface area (Å²) in [5.41, 5.74) is 2.43. The molecular formula is C15H14BrNO3S. The van der Waals surface area contributed by atoms with Crippen molar-refractivity contribution in [2.24, 2.45) is 0 Å². The zero-order valence-corrected chi connectivity index (χ0v) is 14.0. The number of hydrogen-bond donors (Lipinski definition) is 1. The first-order valence-corrected chi connectivity index (χ1v) is 8.84. The first-order chi connectivity index (χ1) is 9.78. The Morgan fingerprint density at radius 1 is 1.10 bits per heavy atom. The molecule has 6 heteroatoms. The topological polar surface area (TPSA) is 63.2 Å². The second-order valence-electron chi connectivity index (χ2n) is 4.69. The first kappa shape index (κ1) is 15.7. The molecule has 0 spiro atoms. The van der Waals surface area contributed by atoms with E-state index in [0.717, 1.165) is 16.3 Å². The third-order valence-electron chi connectivity index (χ3n) is 2.96. The van der Waals surface area contributed by atoms with Gasteiger partial charge in [-0.05, 0) is 42.8 Å². The molecule has 0 aromatic heterocycles. The number of rotatable bonds is 4. The minimum Gasteiger partial charge on any atom is -0.289 e. The lowest BCUT2D eigenvalue weighted by atomic mass is 9.99. The summed E-state index contributed by atoms with van der Waals surface area (Å²) in [4.78, 5) is 12.5. The van der Waals surface area contributed by atoms with Crippen molar-refractivity contribution in [3.63, 3.8) is 0 Å². The van der Waals surface area contributed by atoms with E-state index in [-0.39, 0.29) is 5.78 Å². The van der Waals surface area contributed by atoms with Crippen LogP contribution in [0.15, 0.2) is 46.9 Å². The number of carbonyl (C=O) groups excluding carboxylic acids is 1. The van der Waals surface area contributed by atoms with Gasteiger partial charge in [0, 0.05) is 21.3 Å². The molecule has 0 heterocycles. The number of sulfonamides is 1. The van der Waals surface area contributed by atoms with Crippen LogP contribution in [0, 0.1) is 6.92 Å². The van der Waals surface area contributed by atoms with Crippen molar-refractivity contribution in [3.05, 3.63) is 63.6 Å². The van der Waals surface area contributed by atoms with E-state index in [1.807, 2.05) is 19.1 Å². The van der Waals surface area contributed by atoms with Crippen LogP contribution < -0.4 is 4.72 Å². The van der Waals surface area contributed by atoms with Gasteiger partial charge in [0.2, 0.25) is 10.0 Å². The van der Waals surface area contributed by atoms with E-state index >= 15 is 0 Å². The van der Waals surface area contributed by atoms with Gasteiger partial charge < -0.3 is 0 Å². The van der Waals surface area contributed by atoms with E-state index in [9.17, 15) is 13.2 Å². The van der Waals surface area contributed by atoms with Crippen molar-refractivity contribution >= 4 is 37.4 Å². The number of hydrogen-bond acceptors (Lipinski definition) is 3. The predicted octanol–water partition coefficient (Wildman–Crippen LogP) is 3.36. The average Bonchev–Trinajstić information content (AvgIpc) is 2.40. The van der Waals surface area contributed by atoms with Crippen LogP contribution in [0.25, 0.3) is 0 Å². The lowest BCUT2D eigenvalue weighted by molar-refractivity contribution is 0.103. The molecule has 2 aromatic carbocycles. The molecule has 0 fully saturated rings. The molecule has 0 saturated heterocycles. The van der Waals surface area contributed by atoms with Crippen molar-refractivity contribution in [2.45, 2.75) is 6.92 Å². The van der Waals surface area contributed by atoms with E-state index in [0.29, 0.717) is 16.8 Å². The molecule has 0 aliphatic heterocycles. The summed E-state index contributed by atoms with van der Waals surface area (Å²) >= 11 is 3.40. The summed E-state index contributed by atoms with van der Waals surface area (Å²) in [7, 11) is -3.32. The van der Waals surface area contributed by atoms with Crippen LogP contribution in [0.4, 0.5) is 5.69 Å². The fourth-order valence-corrected chi connectivity index (χ4v) is 2.84. The monoisotopic (exact) mass is 367 g/mol. The second kappa shape index (κ2) is 5.99. The molecule has 0 amide bonds. The summed E-state index contributed by atoms with van der Waals surface area (Å²) in [6.07, 6.45) is 1.08. The Labute approximate surface area is 132 Å². The molecule has 0 radical (unpaired) electrons. The molecule has 0 bridgehead atoms. The van der Waals surface area contributed by atoms with Crippen LogP contribution in [0.3, 0.4) is 0 Å². The summed E-state index contributed by atoms with van der Waals surface area (Å²) in [5, 5.41) is 0. The smallest absolute Gasteiger partial charge is 0.229 e. The van der Waals surface area contributed by atoms with Crippen LogP contribution in [0.2, 0.25) is 0 Å². The van der Waals surface area contributed by atoms with Crippen LogP contribution in [0.1, 0.15) is 21.5 Å². The van der Waals surface area contributed by atoms with Gasteiger partial charge in [-0.15, -0.1) is 0 Å². The number of anilines is 1. The van der Waals surface area contributed by atoms with Crippen molar-refractivity contribution in [2.75, 3.05) is 11.0 Å². The molecule has 1 N–H and O–H groups in total. The minimum atomic E-state index is -3.32. The number of halogens is 1. The third kappa shape index (κ3) is 3.92. The van der Waals surface area contributed by atoms with Crippen molar-refractivity contribution in [1.82, 2.24) is 0 Å². The van der Waals surface area contributed by atoms with Gasteiger partial charge in [-0.1, -0.05) is 28.1 Å². The van der Waals surface area contributed by atoms with Crippen LogP contribution in [-0.4, -0.2) is 20.5 Å². The molecule has 4 nitrogen and oxygen atoms in total. The van der Waals surface area contributed by atoms with E-state index in [1.165, 1.54) is 0 Å². The SMILES string of the molecule is Cc1c(Br)cccc1C(=O)c1ccc(NS(C)(=O)=O)cc1. The maximum atomic E-state index is 12.5. The van der Waals surface area contributed by atoms with Gasteiger partial charge in [-0.3, -0.25) is 9.52 Å². The lowest BCUT2D eigenvalue weighted by Crippen LogP contribution is -2.10. The highest BCUT2D eigenvalue weighted by molar-refractivity contribution is 9.10. The van der Waals surface area contributed by atoms with E-state index in [1.54, 1.807) is 30.3 Å². The van der Waals surface area contributed by atoms with Gasteiger partial charge in [0.05, 0.1) is 6.26 Å². The molecular weight excluding hydrogens is 354 g/mol. The first-order valence-electron chi connectivity index (χ1n) is 6.15. The number of ketones is 1. The van der Waals surface area contributed by atoms with Gasteiger partial charge in [-0.2, -0.15) is 0 Å². The fraction of sp³-hybridized carbons (Fsp3) is 0.133. The van der Waals surface area contributed by atoms with Gasteiger partial charge >= 0.3 is 0 Å². The predicted molar refractivity (Wildman–Crippen MR) is 87.2 cm³/mol. The maximum Gasteiger partial charge on any atom is 0.229 e. The van der Waals surface area contributed by atoms with E-state index < -0.39 is 10.0 Å². The Morgan fingerprint density at radius 3 is 2.29 bits per heavy atom. The van der Waals surface area contributed by atoms with E-state index in [2.05, 4.69) is 20.7 Å². The maximum absolute atomic E-state index is 12.5. The molecule has 0 atom stereocenters. The highest BCUT2D eigenvalue weighted by Gasteiger charge is 2.13. The van der Waals surface area contributed by atoms with Crippen molar-refractivity contribution < 1.29 is 13.2 Å². The summed E-state index contributed by atoms with van der Waals surface area (Å²) in [6.45, 7) is 1.87. The third-order valence-corrected chi connectivity index (χ3v) is 4.43. The van der Waals surface area contributed by atoms with Crippen LogP contribution in [0.5, 0.6) is 0 Å². The number of carbonyl (C=O) groups is 1. The summed E-state index contributed by atoms with van der Waals surface area (Å²) in [6, 6.07) is 11.8. The van der Waals surface area contributed by atoms with Crippen LogP contribution in [-0.2, 0) is 10.0 Å². The van der Waals surface area contributed by atoms with Crippen LogP contribution >= 0.6 is 15.9 Å². The van der Waals surface area contributed by atoms with Crippen molar-refractivity contribution in [3.8, 4) is 0 Å². The highest BCUT2D eigenvalue weighted by Crippen LogP contribution is 2.22. The Balaban J connectivity index is 2.30. The molecule has 0 saturated carbocycles. The molecule has 0 unspecified atom stereocenters. The molecule has 21 heavy (non-hydrogen) atoms. The highest BCUT2D eigenvalue weighted by atomic mass is 79.9. The summed E-state index contributed by atoms with van der Waals surface area (Å²) in [5.74, 6) is -0.0975. The Hall–Kier alpha value is -1.66. The van der Waals surface area contributed by atoms with Gasteiger partial charge in [-0.25, -0.2) is 8.42 Å². The number of nitrogens with one attached hydrogen (secondary N) is 1. The van der Waals surface area contributed by atoms with Gasteiger partial charge in [0.15, 0.2) is 5.78 Å². The molecule has 0 aliphatic rings. The summed E-state index contributed by atoms with van der Waals surface area (Å²) < 4.78 is 25.5. The lowest BCUT2D eigenvalue weighted by Gasteiger charge is -2.08. The molecule has 2 aromatic rings. The molecule has 0 aliphatic carbocycles. The molecule has 110 valence electrons. The average molecular weight is 368 g/mol. The van der Waals surface area contributed by atoms with Crippen molar-refractivity contribution in [1.29, 1.82) is 0 Å².